The molecule has 0 bridgehead atoms. The molecule has 32 heteroatoms. The third-order valence-corrected chi connectivity index (χ3v) is 18.4. The number of nitrogens with one attached hydrogen (secondary N) is 6. The Labute approximate surface area is 635 Å². The zero-order chi connectivity index (χ0) is 78.0. The van der Waals surface area contributed by atoms with Gasteiger partial charge in [-0.1, -0.05) is 12.1 Å². The lowest BCUT2D eigenvalue weighted by atomic mass is 10.1. The van der Waals surface area contributed by atoms with Crippen molar-refractivity contribution in [1.29, 1.82) is 0 Å². The third kappa shape index (κ3) is 22.0. The minimum atomic E-state index is -0.699. The van der Waals surface area contributed by atoms with E-state index in [1.807, 2.05) is 44.6 Å². The molecule has 30 nitrogen and oxygen atoms in total. The van der Waals surface area contributed by atoms with Crippen LogP contribution in [0.15, 0.2) is 104 Å². The first-order valence-electron chi connectivity index (χ1n) is 35.4. The SMILES string of the molecule is CN(C)CCCCC(=O)c1cc(CC(=O)c2cc(CC(=O)c3cc(CC(=O)c4cc(CC(=O)CCCNC(=O)c5nc(NC(=O)c6nc(NC(=O)c7cc(NC(=O)c8nc(NC(=O)CCNC(=O)CCCc9ccc(N(CCCl)CCCl)cc9)cn8C)cn7C)cn6C)cn5C)cn4C)cn3C)cn2C)cn1C. The second-order valence-corrected chi connectivity index (χ2v) is 28.0. The maximum atomic E-state index is 13.7. The van der Waals surface area contributed by atoms with Crippen LogP contribution in [0.3, 0.4) is 0 Å². The second kappa shape index (κ2) is 37.3. The molecule has 1 aromatic carbocycles. The van der Waals surface area contributed by atoms with Gasteiger partial charge < -0.3 is 78.2 Å². The third-order valence-electron chi connectivity index (χ3n) is 18.1. The first-order chi connectivity index (χ1) is 51.5. The molecule has 8 aromatic heterocycles. The lowest BCUT2D eigenvalue weighted by molar-refractivity contribution is -0.121. The van der Waals surface area contributed by atoms with Crippen molar-refractivity contribution in [2.75, 3.05) is 84.7 Å². The molecule has 0 spiro atoms. The van der Waals surface area contributed by atoms with E-state index in [9.17, 15) is 52.7 Å². The van der Waals surface area contributed by atoms with Crippen LogP contribution in [0.1, 0.15) is 163 Å². The minimum Gasteiger partial charge on any atom is -0.369 e. The first kappa shape index (κ1) is 80.8. The van der Waals surface area contributed by atoms with Gasteiger partial charge in [0, 0.05) is 201 Å². The quantitative estimate of drug-likeness (QED) is 0.0122. The van der Waals surface area contributed by atoms with Crippen molar-refractivity contribution < 1.29 is 52.7 Å². The van der Waals surface area contributed by atoms with Crippen LogP contribution in [0.5, 0.6) is 0 Å². The van der Waals surface area contributed by atoms with Crippen LogP contribution in [0.25, 0.3) is 0 Å². The van der Waals surface area contributed by atoms with E-state index in [-0.39, 0.29) is 139 Å². The lowest BCUT2D eigenvalue weighted by Gasteiger charge is -2.23. The molecule has 0 aliphatic heterocycles. The van der Waals surface area contributed by atoms with Gasteiger partial charge in [-0.05, 0) is 123 Å². The molecule has 0 atom stereocenters. The van der Waals surface area contributed by atoms with Crippen molar-refractivity contribution in [3.63, 3.8) is 0 Å². The van der Waals surface area contributed by atoms with Crippen molar-refractivity contribution >= 4 is 116 Å². The molecule has 0 aliphatic carbocycles. The van der Waals surface area contributed by atoms with E-state index in [0.29, 0.717) is 90.0 Å². The van der Waals surface area contributed by atoms with Crippen LogP contribution in [0.2, 0.25) is 0 Å². The number of Topliss-reactive ketones (excluding diaryl/α,β-unsaturated/α-hetero) is 5. The molecule has 0 unspecified atom stereocenters. The molecular formula is C76H93Cl2N19O11. The number of alkyl halides is 2. The summed E-state index contributed by atoms with van der Waals surface area (Å²) in [5.41, 5.74) is 6.98. The summed E-state index contributed by atoms with van der Waals surface area (Å²) in [6.45, 7) is 2.53. The number of aromatic nitrogens is 11. The average Bonchev–Trinajstić information content (AvgIpc) is 1.23. The Morgan fingerprint density at radius 3 is 1.33 bits per heavy atom. The van der Waals surface area contributed by atoms with E-state index < -0.39 is 29.5 Å². The van der Waals surface area contributed by atoms with Gasteiger partial charge in [0.1, 0.15) is 11.5 Å². The van der Waals surface area contributed by atoms with Crippen LogP contribution in [0.4, 0.5) is 28.8 Å². The molecular weight excluding hydrogens is 1430 g/mol. The number of hydrogen-bond acceptors (Lipinski definition) is 16. The number of anilines is 5. The Hall–Kier alpha value is -11.2. The summed E-state index contributed by atoms with van der Waals surface area (Å²) in [6.07, 6.45) is 17.2. The molecule has 0 aliphatic rings. The molecule has 0 saturated heterocycles. The number of ketones is 5. The van der Waals surface area contributed by atoms with E-state index in [1.165, 1.54) is 49.1 Å². The summed E-state index contributed by atoms with van der Waals surface area (Å²) in [4.78, 5) is 163. The Morgan fingerprint density at radius 2 is 0.833 bits per heavy atom. The van der Waals surface area contributed by atoms with Crippen molar-refractivity contribution in [2.24, 2.45) is 56.4 Å². The van der Waals surface area contributed by atoms with Gasteiger partial charge in [-0.3, -0.25) is 52.7 Å². The Balaban J connectivity index is 0.663. The van der Waals surface area contributed by atoms with Gasteiger partial charge in [-0.15, -0.1) is 23.2 Å². The number of rotatable bonds is 41. The van der Waals surface area contributed by atoms with Gasteiger partial charge in [0.05, 0.1) is 28.5 Å². The number of unbranched alkanes of at least 4 members (excludes halogenated alkanes) is 1. The Morgan fingerprint density at radius 1 is 0.380 bits per heavy atom. The van der Waals surface area contributed by atoms with Gasteiger partial charge in [-0.25, -0.2) is 15.0 Å². The number of halogens is 2. The summed E-state index contributed by atoms with van der Waals surface area (Å²) in [7, 11) is 17.3. The maximum Gasteiger partial charge on any atom is 0.292 e. The first-order valence-corrected chi connectivity index (χ1v) is 36.5. The summed E-state index contributed by atoms with van der Waals surface area (Å²) in [5.74, 6) is -2.70. The van der Waals surface area contributed by atoms with Crippen LogP contribution in [-0.2, 0) is 103 Å². The smallest absolute Gasteiger partial charge is 0.292 e. The molecule has 8 heterocycles. The molecule has 0 fully saturated rings. The van der Waals surface area contributed by atoms with Crippen molar-refractivity contribution in [3.8, 4) is 0 Å². The van der Waals surface area contributed by atoms with Crippen LogP contribution in [-0.4, -0.2) is 179 Å². The van der Waals surface area contributed by atoms with E-state index in [4.69, 9.17) is 23.2 Å². The molecule has 6 N–H and O–H groups in total. The lowest BCUT2D eigenvalue weighted by Crippen LogP contribution is -2.27. The minimum absolute atomic E-state index is 0.00499. The van der Waals surface area contributed by atoms with E-state index in [0.717, 1.165) is 36.2 Å². The fourth-order valence-corrected chi connectivity index (χ4v) is 13.1. The van der Waals surface area contributed by atoms with Gasteiger partial charge in [0.15, 0.2) is 40.6 Å². The highest BCUT2D eigenvalue weighted by Gasteiger charge is 2.26. The number of benzene rings is 1. The number of hydrogen-bond donors (Lipinski definition) is 6. The summed E-state index contributed by atoms with van der Waals surface area (Å²) in [6, 6.07) is 16.4. The molecule has 9 rings (SSSR count). The normalized spacial score (nSPS) is 11.3. The summed E-state index contributed by atoms with van der Waals surface area (Å²) < 4.78 is 12.5. The fraction of sp³-hybridized carbons (Fsp3) is 0.395. The molecule has 0 saturated carbocycles. The average molecular weight is 1520 g/mol. The number of carbonyl (C=O) groups excluding carboxylic acids is 11. The number of nitrogens with zero attached hydrogens (tertiary/aromatic N) is 13. The van der Waals surface area contributed by atoms with Crippen molar-refractivity contribution in [1.82, 2.24) is 67.0 Å². The van der Waals surface area contributed by atoms with Gasteiger partial charge in [0.2, 0.25) is 29.3 Å². The number of imidazole rings is 3. The molecule has 572 valence electrons. The Kier molecular flexibility index (Phi) is 27.9. The molecule has 9 aromatic rings. The zero-order valence-electron chi connectivity index (χ0n) is 62.5. The molecule has 0 radical (unpaired) electrons. The largest absolute Gasteiger partial charge is 0.369 e. The van der Waals surface area contributed by atoms with Crippen LogP contribution in [0, 0.1) is 0 Å². The topological polar surface area (TPSA) is 345 Å². The predicted molar refractivity (Wildman–Crippen MR) is 411 cm³/mol. The van der Waals surface area contributed by atoms with Crippen LogP contribution < -0.4 is 36.8 Å². The second-order valence-electron chi connectivity index (χ2n) is 27.2. The van der Waals surface area contributed by atoms with Gasteiger partial charge in [0.25, 0.3) is 23.6 Å². The van der Waals surface area contributed by atoms with Gasteiger partial charge in [-0.2, -0.15) is 0 Å². The van der Waals surface area contributed by atoms with Crippen molar-refractivity contribution in [2.45, 2.75) is 83.5 Å². The van der Waals surface area contributed by atoms with Crippen LogP contribution >= 0.6 is 23.2 Å². The highest BCUT2D eigenvalue weighted by atomic mass is 35.5. The van der Waals surface area contributed by atoms with E-state index in [2.05, 4.69) is 56.7 Å². The highest BCUT2D eigenvalue weighted by Crippen LogP contribution is 2.24. The summed E-state index contributed by atoms with van der Waals surface area (Å²) >= 11 is 11.9. The number of aryl methyl sites for hydroxylation is 9. The highest BCUT2D eigenvalue weighted by molar-refractivity contribution is 6.18. The van der Waals surface area contributed by atoms with E-state index >= 15 is 0 Å². The predicted octanol–water partition coefficient (Wildman–Crippen LogP) is 7.60. The summed E-state index contributed by atoms with van der Waals surface area (Å²) in [5, 5.41) is 16.2. The monoisotopic (exact) mass is 1520 g/mol. The number of carbonyl (C=O) groups is 11. The zero-order valence-corrected chi connectivity index (χ0v) is 64.0. The molecule has 108 heavy (non-hydrogen) atoms. The standard InChI is InChI=1S/C76H93Cl2N19O11/c1-88(2)28-12-11-17-61(99)56-33-50(41-89(56)3)36-63(101)58-35-52(43-91(58)5)38-64(102)59-34-51(42-92(59)6)37-62(100)57-32-49(40-90(57)4)31-55(98)16-14-26-80-74(106)70-84-67(47-94(70)8)87-76(108)72-85-66(46-96(72)10)86-73(105)60-39-53(44-93(60)7)81-75(107)71-83-65(45-95(71)9)82-69(104)23-27-79-68(103)18-13-15-48-19-21-54(22-20-48)97(29-24-77)30-25-78/h19-22,32-35,39-47H,11-18,23-31,36-38H2,1-10H3,(H,79,103)(H,80,106)(H,81,107)(H,82,104)(H,86,105)(H,87,108). The molecule has 6 amide bonds. The van der Waals surface area contributed by atoms with Gasteiger partial charge >= 0.3 is 0 Å². The Bertz CT molecular complexity index is 4800. The number of amides is 6. The maximum absolute atomic E-state index is 13.7. The van der Waals surface area contributed by atoms with Crippen molar-refractivity contribution in [3.05, 3.63) is 178 Å². The van der Waals surface area contributed by atoms with E-state index in [1.54, 1.807) is 118 Å². The fourth-order valence-electron chi connectivity index (χ4n) is 12.7.